The van der Waals surface area contributed by atoms with Crippen molar-refractivity contribution in [1.82, 2.24) is 4.90 Å². The van der Waals surface area contributed by atoms with Crippen molar-refractivity contribution < 1.29 is 32.6 Å². The van der Waals surface area contributed by atoms with Gasteiger partial charge in [-0.05, 0) is 13.8 Å². The predicted octanol–water partition coefficient (Wildman–Crippen LogP) is 0.638. The van der Waals surface area contributed by atoms with Crippen molar-refractivity contribution in [3.8, 4) is 0 Å². The Labute approximate surface area is 95.1 Å². The molecule has 1 saturated heterocycles. The lowest BCUT2D eigenvalue weighted by Crippen LogP contribution is -2.61. The van der Waals surface area contributed by atoms with Crippen molar-refractivity contribution in [1.29, 1.82) is 0 Å². The highest BCUT2D eigenvalue weighted by molar-refractivity contribution is 5.87. The first-order chi connectivity index (χ1) is 7.64. The summed E-state index contributed by atoms with van der Waals surface area (Å²) >= 11 is 0. The molecule has 1 unspecified atom stereocenters. The molecule has 0 aliphatic carbocycles. The number of hydrogen-bond acceptors (Lipinski definition) is 3. The fourth-order valence-electron chi connectivity index (χ4n) is 1.83. The highest BCUT2D eigenvalue weighted by atomic mass is 19.4. The number of nitrogens with zero attached hydrogens (tertiary/aromatic N) is 1. The minimum atomic E-state index is -5.08. The van der Waals surface area contributed by atoms with E-state index in [1.54, 1.807) is 0 Å². The second-order valence-corrected chi connectivity index (χ2v) is 3.89. The van der Waals surface area contributed by atoms with Crippen LogP contribution in [0.1, 0.15) is 13.8 Å². The van der Waals surface area contributed by atoms with Gasteiger partial charge in [0.05, 0.1) is 12.2 Å². The maximum Gasteiger partial charge on any atom is 0.471 e. The minimum absolute atomic E-state index is 0.307. The van der Waals surface area contributed by atoms with Crippen LogP contribution in [0.25, 0.3) is 0 Å². The molecule has 0 aromatic heterocycles. The number of rotatable bonds is 1. The summed E-state index contributed by atoms with van der Waals surface area (Å²) in [6.45, 7) is 2.41. The van der Waals surface area contributed by atoms with E-state index in [0.717, 1.165) is 0 Å². The molecular formula is C9H12F3NO4. The predicted molar refractivity (Wildman–Crippen MR) is 49.2 cm³/mol. The molecule has 0 bridgehead atoms. The number of amides is 1. The molecule has 0 aromatic rings. The van der Waals surface area contributed by atoms with E-state index in [1.165, 1.54) is 13.8 Å². The fraction of sp³-hybridized carbons (Fsp3) is 0.778. The summed E-state index contributed by atoms with van der Waals surface area (Å²) in [5.74, 6) is -3.66. The molecule has 17 heavy (non-hydrogen) atoms. The molecule has 8 heteroatoms. The molecule has 1 amide bonds. The maximum atomic E-state index is 12.3. The summed E-state index contributed by atoms with van der Waals surface area (Å²) in [5, 5.41) is 8.84. The van der Waals surface area contributed by atoms with Gasteiger partial charge in [-0.1, -0.05) is 0 Å². The smallest absolute Gasteiger partial charge is 0.471 e. The maximum absolute atomic E-state index is 12.3. The summed E-state index contributed by atoms with van der Waals surface area (Å²) in [6, 6.07) is -1.61. The van der Waals surface area contributed by atoms with Gasteiger partial charge < -0.3 is 14.7 Å². The largest absolute Gasteiger partial charge is 0.480 e. The Bertz CT molecular complexity index is 331. The fourth-order valence-corrected chi connectivity index (χ4v) is 1.83. The summed E-state index contributed by atoms with van der Waals surface area (Å²) < 4.78 is 42.0. The van der Waals surface area contributed by atoms with Gasteiger partial charge in [0.2, 0.25) is 0 Å². The van der Waals surface area contributed by atoms with E-state index in [9.17, 15) is 22.8 Å². The average molecular weight is 255 g/mol. The van der Waals surface area contributed by atoms with Crippen LogP contribution in [0.4, 0.5) is 13.2 Å². The molecular weight excluding hydrogens is 243 g/mol. The van der Waals surface area contributed by atoms with Crippen molar-refractivity contribution in [2.24, 2.45) is 0 Å². The number of morpholine rings is 1. The first-order valence-electron chi connectivity index (χ1n) is 4.90. The van der Waals surface area contributed by atoms with Gasteiger partial charge in [-0.15, -0.1) is 0 Å². The topological polar surface area (TPSA) is 66.8 Å². The Balaban J connectivity index is 2.99. The van der Waals surface area contributed by atoms with E-state index < -0.39 is 36.3 Å². The Morgan fingerprint density at radius 3 is 2.29 bits per heavy atom. The Hall–Kier alpha value is -1.31. The van der Waals surface area contributed by atoms with Crippen molar-refractivity contribution in [3.05, 3.63) is 0 Å². The summed E-state index contributed by atoms with van der Waals surface area (Å²) in [4.78, 5) is 22.3. The molecule has 5 nitrogen and oxygen atoms in total. The zero-order chi connectivity index (χ0) is 13.4. The molecule has 98 valence electrons. The van der Waals surface area contributed by atoms with Crippen molar-refractivity contribution in [2.75, 3.05) is 6.54 Å². The highest BCUT2D eigenvalue weighted by Gasteiger charge is 2.50. The monoisotopic (exact) mass is 255 g/mol. The third-order valence-electron chi connectivity index (χ3n) is 2.44. The third kappa shape index (κ3) is 2.87. The van der Waals surface area contributed by atoms with Gasteiger partial charge in [0, 0.05) is 6.54 Å². The molecule has 0 spiro atoms. The number of alkyl halides is 3. The lowest BCUT2D eigenvalue weighted by molar-refractivity contribution is -0.203. The highest BCUT2D eigenvalue weighted by Crippen LogP contribution is 2.25. The molecule has 3 atom stereocenters. The minimum Gasteiger partial charge on any atom is -0.480 e. The van der Waals surface area contributed by atoms with E-state index in [0.29, 0.717) is 4.90 Å². The number of hydrogen-bond donors (Lipinski definition) is 1. The van der Waals surface area contributed by atoms with Gasteiger partial charge in [-0.3, -0.25) is 4.79 Å². The van der Waals surface area contributed by atoms with Crippen LogP contribution in [0.5, 0.6) is 0 Å². The van der Waals surface area contributed by atoms with Gasteiger partial charge in [-0.2, -0.15) is 13.2 Å². The van der Waals surface area contributed by atoms with Crippen molar-refractivity contribution >= 4 is 11.9 Å². The molecule has 1 aliphatic rings. The van der Waals surface area contributed by atoms with Crippen LogP contribution in [-0.4, -0.2) is 52.9 Å². The Morgan fingerprint density at radius 1 is 1.35 bits per heavy atom. The van der Waals surface area contributed by atoms with Gasteiger partial charge in [0.25, 0.3) is 0 Å². The van der Waals surface area contributed by atoms with Gasteiger partial charge in [0.1, 0.15) is 0 Å². The van der Waals surface area contributed by atoms with E-state index in [2.05, 4.69) is 0 Å². The molecule has 1 fully saturated rings. The van der Waals surface area contributed by atoms with Gasteiger partial charge >= 0.3 is 18.1 Å². The van der Waals surface area contributed by atoms with E-state index in [1.807, 2.05) is 0 Å². The SMILES string of the molecule is C[C@@H]1O[C@@H](C)CN(C(=O)C(F)(F)F)C1C(=O)O. The van der Waals surface area contributed by atoms with Crippen LogP contribution in [-0.2, 0) is 14.3 Å². The number of carboxylic acid groups (broad SMARTS) is 1. The van der Waals surface area contributed by atoms with Crippen LogP contribution in [0.3, 0.4) is 0 Å². The number of halogens is 3. The number of ether oxygens (including phenoxy) is 1. The Morgan fingerprint density at radius 2 is 1.88 bits per heavy atom. The standard InChI is InChI=1S/C9H12F3NO4/c1-4-3-13(8(16)9(10,11)12)6(7(14)15)5(2)17-4/h4-6H,3H2,1-2H3,(H,14,15)/t4-,5-,6?/m0/s1. The Kier molecular flexibility index (Phi) is 3.65. The van der Waals surface area contributed by atoms with E-state index in [4.69, 9.17) is 9.84 Å². The normalized spacial score (nSPS) is 30.2. The number of carbonyl (C=O) groups is 2. The van der Waals surface area contributed by atoms with Crippen LogP contribution >= 0.6 is 0 Å². The average Bonchev–Trinajstić information content (AvgIpc) is 2.12. The zero-order valence-corrected chi connectivity index (χ0v) is 9.19. The van der Waals surface area contributed by atoms with Crippen LogP contribution in [0.15, 0.2) is 0 Å². The van der Waals surface area contributed by atoms with Gasteiger partial charge in [0.15, 0.2) is 6.04 Å². The quantitative estimate of drug-likeness (QED) is 0.746. The molecule has 0 saturated carbocycles. The first kappa shape index (κ1) is 13.8. The molecule has 1 aliphatic heterocycles. The van der Waals surface area contributed by atoms with Crippen molar-refractivity contribution in [2.45, 2.75) is 38.3 Å². The molecule has 1 N–H and O–H groups in total. The third-order valence-corrected chi connectivity index (χ3v) is 2.44. The molecule has 1 rings (SSSR count). The van der Waals surface area contributed by atoms with Crippen LogP contribution < -0.4 is 0 Å². The van der Waals surface area contributed by atoms with E-state index >= 15 is 0 Å². The first-order valence-corrected chi connectivity index (χ1v) is 4.90. The summed E-state index contributed by atoms with van der Waals surface area (Å²) in [7, 11) is 0. The second kappa shape index (κ2) is 4.52. The van der Waals surface area contributed by atoms with Crippen LogP contribution in [0.2, 0.25) is 0 Å². The number of carboxylic acids is 1. The lowest BCUT2D eigenvalue weighted by atomic mass is 10.1. The van der Waals surface area contributed by atoms with Crippen molar-refractivity contribution in [3.63, 3.8) is 0 Å². The molecule has 0 aromatic carbocycles. The molecule has 1 heterocycles. The number of carbonyl (C=O) groups excluding carboxylic acids is 1. The zero-order valence-electron chi connectivity index (χ0n) is 9.19. The number of aliphatic carboxylic acids is 1. The lowest BCUT2D eigenvalue weighted by Gasteiger charge is -2.40. The van der Waals surface area contributed by atoms with Gasteiger partial charge in [-0.25, -0.2) is 4.79 Å². The van der Waals surface area contributed by atoms with E-state index in [-0.39, 0.29) is 6.54 Å². The summed E-state index contributed by atoms with van der Waals surface area (Å²) in [5.41, 5.74) is 0. The second-order valence-electron chi connectivity index (χ2n) is 3.89. The summed E-state index contributed by atoms with van der Waals surface area (Å²) in [6.07, 6.45) is -6.70. The molecule has 0 radical (unpaired) electrons. The van der Waals surface area contributed by atoms with Crippen LogP contribution in [0, 0.1) is 0 Å².